The molecule has 0 saturated heterocycles. The van der Waals surface area contributed by atoms with Crippen molar-refractivity contribution in [1.29, 1.82) is 0 Å². The Hall–Kier alpha value is -3.72. The van der Waals surface area contributed by atoms with Crippen LogP contribution in [0.25, 0.3) is 10.9 Å². The van der Waals surface area contributed by atoms with Gasteiger partial charge in [0.05, 0.1) is 12.6 Å². The van der Waals surface area contributed by atoms with Gasteiger partial charge in [0, 0.05) is 34.9 Å². The monoisotopic (exact) mass is 508 g/mol. The van der Waals surface area contributed by atoms with Gasteiger partial charge in [-0.05, 0) is 80.9 Å². The summed E-state index contributed by atoms with van der Waals surface area (Å²) in [6.07, 6.45) is 2.72. The Morgan fingerprint density at radius 2 is 1.84 bits per heavy atom. The number of benzene rings is 3. The van der Waals surface area contributed by atoms with Gasteiger partial charge < -0.3 is 14.7 Å². The van der Waals surface area contributed by atoms with Gasteiger partial charge in [0.1, 0.15) is 11.4 Å². The maximum Gasteiger partial charge on any atom is 0.217 e. The molecule has 0 radical (unpaired) electrons. The zero-order chi connectivity index (χ0) is 26.7. The summed E-state index contributed by atoms with van der Waals surface area (Å²) < 4.78 is 20.3. The van der Waals surface area contributed by atoms with Crippen molar-refractivity contribution in [2.75, 3.05) is 27.7 Å². The highest BCUT2D eigenvalue weighted by Crippen LogP contribution is 2.47. The first kappa shape index (κ1) is 25.9. The summed E-state index contributed by atoms with van der Waals surface area (Å²) in [4.78, 5) is 6.86. The fourth-order valence-corrected chi connectivity index (χ4v) is 5.00. The zero-order valence-corrected chi connectivity index (χ0v) is 22.1. The van der Waals surface area contributed by atoms with Crippen LogP contribution >= 0.6 is 0 Å². The van der Waals surface area contributed by atoms with Crippen LogP contribution in [0.5, 0.6) is 5.88 Å². The number of aromatic nitrogens is 1. The molecule has 1 N–H and O–H groups in total. The van der Waals surface area contributed by atoms with Gasteiger partial charge in [-0.2, -0.15) is 0 Å². The average Bonchev–Trinajstić information content (AvgIpc) is 3.76. The maximum absolute atomic E-state index is 14.5. The number of rotatable bonds is 8. The molecule has 38 heavy (non-hydrogen) atoms. The molecule has 0 amide bonds. The minimum Gasteiger partial charge on any atom is -0.481 e. The molecule has 1 aromatic heterocycles. The second-order valence-electron chi connectivity index (χ2n) is 10.4. The van der Waals surface area contributed by atoms with Crippen LogP contribution in [-0.2, 0) is 5.60 Å². The normalized spacial score (nSPS) is 15.5. The van der Waals surface area contributed by atoms with E-state index in [9.17, 15) is 9.50 Å². The SMILES string of the molecule is COc1nc2ccc(C#CC3CC3)cc2cc1[C@@H](c1ccccc1)[C@@](O)(CCN(C)C)c1cccc(F)c1. The predicted octanol–water partition coefficient (Wildman–Crippen LogP) is 6.12. The van der Waals surface area contributed by atoms with Gasteiger partial charge in [0.2, 0.25) is 5.88 Å². The molecule has 194 valence electrons. The molecular weight excluding hydrogens is 475 g/mol. The van der Waals surface area contributed by atoms with Crippen LogP contribution in [-0.4, -0.2) is 42.7 Å². The zero-order valence-electron chi connectivity index (χ0n) is 22.1. The van der Waals surface area contributed by atoms with Crippen LogP contribution in [0.1, 0.15) is 47.4 Å². The van der Waals surface area contributed by atoms with E-state index in [1.807, 2.05) is 73.6 Å². The number of hydrogen-bond donors (Lipinski definition) is 1. The summed E-state index contributed by atoms with van der Waals surface area (Å²) in [6, 6.07) is 24.1. The van der Waals surface area contributed by atoms with E-state index >= 15 is 0 Å². The second kappa shape index (κ2) is 10.9. The van der Waals surface area contributed by atoms with Gasteiger partial charge in [-0.1, -0.05) is 54.3 Å². The second-order valence-corrected chi connectivity index (χ2v) is 10.4. The third-order valence-electron chi connectivity index (χ3n) is 7.18. The molecule has 0 aliphatic heterocycles. The van der Waals surface area contributed by atoms with Crippen molar-refractivity contribution in [2.45, 2.75) is 30.8 Å². The van der Waals surface area contributed by atoms with Gasteiger partial charge in [-0.15, -0.1) is 0 Å². The molecule has 1 aliphatic carbocycles. The third kappa shape index (κ3) is 5.57. The number of fused-ring (bicyclic) bond motifs is 1. The quantitative estimate of drug-likeness (QED) is 0.292. The number of aliphatic hydroxyl groups is 1. The van der Waals surface area contributed by atoms with Gasteiger partial charge in [0.25, 0.3) is 0 Å². The minimum absolute atomic E-state index is 0.372. The largest absolute Gasteiger partial charge is 0.481 e. The topological polar surface area (TPSA) is 45.6 Å². The first-order valence-electron chi connectivity index (χ1n) is 13.1. The highest BCUT2D eigenvalue weighted by atomic mass is 19.1. The summed E-state index contributed by atoms with van der Waals surface area (Å²) >= 11 is 0. The van der Waals surface area contributed by atoms with E-state index in [0.29, 0.717) is 30.3 Å². The summed E-state index contributed by atoms with van der Waals surface area (Å²) in [5.74, 6) is 6.61. The Balaban J connectivity index is 1.73. The van der Waals surface area contributed by atoms with E-state index in [0.717, 1.165) is 27.6 Å². The standard InChI is InChI=1S/C33H33FN2O2/c1-36(2)19-18-33(37,27-10-7-11-28(34)22-27)31(25-8-5-4-6-9-25)29-21-26-20-24(15-14-23-12-13-23)16-17-30(26)35-32(29)38-3/h4-11,16-17,20-23,31,37H,12-13,18-19H2,1-3H3/t31-,33-/m1/s1. The Labute approximate surface area is 224 Å². The summed E-state index contributed by atoms with van der Waals surface area (Å²) in [6.45, 7) is 0.598. The molecule has 1 saturated carbocycles. The van der Waals surface area contributed by atoms with Gasteiger partial charge in [-0.3, -0.25) is 0 Å². The van der Waals surface area contributed by atoms with E-state index < -0.39 is 11.5 Å². The van der Waals surface area contributed by atoms with E-state index in [1.54, 1.807) is 19.2 Å². The number of hydrogen-bond acceptors (Lipinski definition) is 4. The Kier molecular flexibility index (Phi) is 7.46. The summed E-state index contributed by atoms with van der Waals surface area (Å²) in [5, 5.41) is 13.5. The molecule has 0 unspecified atom stereocenters. The van der Waals surface area contributed by atoms with Crippen LogP contribution in [0.15, 0.2) is 78.9 Å². The highest BCUT2D eigenvalue weighted by molar-refractivity contribution is 5.82. The first-order valence-corrected chi connectivity index (χ1v) is 13.1. The average molecular weight is 509 g/mol. The van der Waals surface area contributed by atoms with E-state index in [1.165, 1.54) is 25.0 Å². The molecule has 1 heterocycles. The molecule has 5 heteroatoms. The lowest BCUT2D eigenvalue weighted by Gasteiger charge is -2.39. The number of pyridine rings is 1. The smallest absolute Gasteiger partial charge is 0.217 e. The number of ether oxygens (including phenoxy) is 1. The van der Waals surface area contributed by atoms with Gasteiger partial charge in [-0.25, -0.2) is 9.37 Å². The first-order chi connectivity index (χ1) is 18.4. The van der Waals surface area contributed by atoms with Crippen molar-refractivity contribution in [1.82, 2.24) is 9.88 Å². The number of halogens is 1. The van der Waals surface area contributed by atoms with Crippen molar-refractivity contribution >= 4 is 10.9 Å². The minimum atomic E-state index is -1.44. The van der Waals surface area contributed by atoms with Crippen molar-refractivity contribution < 1.29 is 14.2 Å². The Bertz CT molecular complexity index is 1490. The number of nitrogens with zero attached hydrogens (tertiary/aromatic N) is 2. The van der Waals surface area contributed by atoms with Crippen molar-refractivity contribution in [3.8, 4) is 17.7 Å². The lowest BCUT2D eigenvalue weighted by molar-refractivity contribution is 0.00354. The van der Waals surface area contributed by atoms with E-state index in [-0.39, 0.29) is 5.82 Å². The van der Waals surface area contributed by atoms with Crippen LogP contribution in [0.3, 0.4) is 0 Å². The summed E-state index contributed by atoms with van der Waals surface area (Å²) in [5.41, 5.74) is 2.42. The van der Waals surface area contributed by atoms with E-state index in [4.69, 9.17) is 9.72 Å². The van der Waals surface area contributed by atoms with Crippen LogP contribution in [0.4, 0.5) is 4.39 Å². The fraction of sp³-hybridized carbons (Fsp3) is 0.303. The molecule has 5 rings (SSSR count). The van der Waals surface area contributed by atoms with Crippen LogP contribution < -0.4 is 4.74 Å². The van der Waals surface area contributed by atoms with Gasteiger partial charge in [0.15, 0.2) is 0 Å². The molecule has 0 spiro atoms. The van der Waals surface area contributed by atoms with Crippen LogP contribution in [0, 0.1) is 23.6 Å². The molecule has 3 aromatic carbocycles. The molecule has 4 aromatic rings. The number of methoxy groups -OCH3 is 1. The molecular formula is C33H33FN2O2. The fourth-order valence-electron chi connectivity index (χ4n) is 5.00. The molecule has 1 aliphatic rings. The lowest BCUT2D eigenvalue weighted by Crippen LogP contribution is -2.38. The Morgan fingerprint density at radius 1 is 1.05 bits per heavy atom. The maximum atomic E-state index is 14.5. The molecule has 2 atom stereocenters. The Morgan fingerprint density at radius 3 is 2.53 bits per heavy atom. The molecule has 4 nitrogen and oxygen atoms in total. The molecule has 1 fully saturated rings. The van der Waals surface area contributed by atoms with Crippen molar-refractivity contribution in [3.05, 3.63) is 107 Å². The third-order valence-corrected chi connectivity index (χ3v) is 7.18. The summed E-state index contributed by atoms with van der Waals surface area (Å²) in [7, 11) is 5.52. The van der Waals surface area contributed by atoms with Crippen molar-refractivity contribution in [3.63, 3.8) is 0 Å². The predicted molar refractivity (Wildman–Crippen MR) is 150 cm³/mol. The van der Waals surface area contributed by atoms with Crippen LogP contribution in [0.2, 0.25) is 0 Å². The van der Waals surface area contributed by atoms with E-state index in [2.05, 4.69) is 11.8 Å². The van der Waals surface area contributed by atoms with Gasteiger partial charge >= 0.3 is 0 Å². The van der Waals surface area contributed by atoms with Crippen molar-refractivity contribution in [2.24, 2.45) is 5.92 Å². The highest BCUT2D eigenvalue weighted by Gasteiger charge is 2.42. The lowest BCUT2D eigenvalue weighted by atomic mass is 9.71. The molecule has 0 bridgehead atoms.